The third kappa shape index (κ3) is 4.53. The standard InChI is InChI=1S/C27H28N2O2/c1-20-8-7-12-22(16-20)24-13-6-5-11-23(24)18-27(26(28)31)14-15-29(19-27)25(30)17-21-9-3-2-4-10-21/h2-13,16H,14-15,17-19H2,1H3,(H2,28,31)/t27-/m0/s1. The quantitative estimate of drug-likeness (QED) is 0.661. The van der Waals surface area contributed by atoms with E-state index in [4.69, 9.17) is 5.73 Å². The number of primary amides is 1. The predicted octanol–water partition coefficient (Wildman–Crippen LogP) is 4.15. The van der Waals surface area contributed by atoms with Crippen molar-refractivity contribution in [1.82, 2.24) is 4.90 Å². The first kappa shape index (κ1) is 20.9. The molecule has 2 N–H and O–H groups in total. The van der Waals surface area contributed by atoms with Crippen molar-refractivity contribution in [2.24, 2.45) is 11.1 Å². The molecule has 1 atom stereocenters. The Hall–Kier alpha value is -3.40. The summed E-state index contributed by atoms with van der Waals surface area (Å²) in [7, 11) is 0. The van der Waals surface area contributed by atoms with Gasteiger partial charge in [0.2, 0.25) is 11.8 Å². The summed E-state index contributed by atoms with van der Waals surface area (Å²) in [5.74, 6) is -0.289. The number of carbonyl (C=O) groups excluding carboxylic acids is 2. The van der Waals surface area contributed by atoms with Crippen molar-refractivity contribution in [3.8, 4) is 11.1 Å². The van der Waals surface area contributed by atoms with Crippen LogP contribution in [0.2, 0.25) is 0 Å². The van der Waals surface area contributed by atoms with E-state index < -0.39 is 5.41 Å². The predicted molar refractivity (Wildman–Crippen MR) is 123 cm³/mol. The van der Waals surface area contributed by atoms with E-state index in [0.717, 1.165) is 22.3 Å². The first-order valence-electron chi connectivity index (χ1n) is 10.7. The third-order valence-corrected chi connectivity index (χ3v) is 6.30. The maximum absolute atomic E-state index is 12.9. The number of hydrogen-bond donors (Lipinski definition) is 1. The van der Waals surface area contributed by atoms with Gasteiger partial charge >= 0.3 is 0 Å². The largest absolute Gasteiger partial charge is 0.369 e. The Labute approximate surface area is 183 Å². The first-order valence-corrected chi connectivity index (χ1v) is 10.7. The van der Waals surface area contributed by atoms with Crippen LogP contribution in [0.1, 0.15) is 23.1 Å². The second-order valence-electron chi connectivity index (χ2n) is 8.58. The van der Waals surface area contributed by atoms with Crippen LogP contribution in [0.4, 0.5) is 0 Å². The molecule has 0 unspecified atom stereocenters. The van der Waals surface area contributed by atoms with Gasteiger partial charge in [-0.3, -0.25) is 9.59 Å². The number of amides is 2. The summed E-state index contributed by atoms with van der Waals surface area (Å²) in [5, 5.41) is 0. The summed E-state index contributed by atoms with van der Waals surface area (Å²) in [6.45, 7) is 3.00. The van der Waals surface area contributed by atoms with Gasteiger partial charge in [-0.15, -0.1) is 0 Å². The molecule has 0 spiro atoms. The molecule has 4 heteroatoms. The van der Waals surface area contributed by atoms with E-state index in [1.165, 1.54) is 5.56 Å². The van der Waals surface area contributed by atoms with Crippen LogP contribution in [0.25, 0.3) is 11.1 Å². The number of benzene rings is 3. The first-order chi connectivity index (χ1) is 15.0. The number of hydrogen-bond acceptors (Lipinski definition) is 2. The van der Waals surface area contributed by atoms with E-state index in [0.29, 0.717) is 32.4 Å². The van der Waals surface area contributed by atoms with Crippen LogP contribution in [-0.2, 0) is 22.4 Å². The van der Waals surface area contributed by atoms with Crippen molar-refractivity contribution in [2.75, 3.05) is 13.1 Å². The zero-order valence-corrected chi connectivity index (χ0v) is 17.9. The lowest BCUT2D eigenvalue weighted by Gasteiger charge is -2.27. The van der Waals surface area contributed by atoms with E-state index in [-0.39, 0.29) is 11.8 Å². The van der Waals surface area contributed by atoms with Gasteiger partial charge in [-0.2, -0.15) is 0 Å². The Balaban J connectivity index is 1.57. The van der Waals surface area contributed by atoms with Crippen molar-refractivity contribution in [3.63, 3.8) is 0 Å². The molecule has 1 aliphatic heterocycles. The molecule has 0 bridgehead atoms. The number of rotatable bonds is 6. The molecule has 1 fully saturated rings. The van der Waals surface area contributed by atoms with Gasteiger partial charge in [0, 0.05) is 13.1 Å². The Bertz CT molecular complexity index is 1090. The summed E-state index contributed by atoms with van der Waals surface area (Å²) < 4.78 is 0. The fourth-order valence-electron chi connectivity index (χ4n) is 4.53. The van der Waals surface area contributed by atoms with E-state index in [1.807, 2.05) is 48.5 Å². The summed E-state index contributed by atoms with van der Waals surface area (Å²) in [4.78, 5) is 27.3. The average Bonchev–Trinajstić information content (AvgIpc) is 3.21. The molecule has 3 aromatic carbocycles. The van der Waals surface area contributed by atoms with Crippen LogP contribution < -0.4 is 5.73 Å². The molecular weight excluding hydrogens is 384 g/mol. The highest BCUT2D eigenvalue weighted by Crippen LogP contribution is 2.37. The number of likely N-dealkylation sites (tertiary alicyclic amines) is 1. The summed E-state index contributed by atoms with van der Waals surface area (Å²) >= 11 is 0. The highest BCUT2D eigenvalue weighted by atomic mass is 16.2. The zero-order valence-electron chi connectivity index (χ0n) is 17.9. The highest BCUT2D eigenvalue weighted by Gasteiger charge is 2.45. The van der Waals surface area contributed by atoms with Crippen LogP contribution in [0.5, 0.6) is 0 Å². The molecular formula is C27H28N2O2. The molecule has 1 aliphatic rings. The lowest BCUT2D eigenvalue weighted by atomic mass is 9.78. The van der Waals surface area contributed by atoms with Gasteiger partial charge in [0.15, 0.2) is 0 Å². The van der Waals surface area contributed by atoms with E-state index in [1.54, 1.807) is 4.90 Å². The molecule has 31 heavy (non-hydrogen) atoms. The Kier molecular flexibility index (Phi) is 5.90. The lowest BCUT2D eigenvalue weighted by molar-refractivity contribution is -0.131. The van der Waals surface area contributed by atoms with Gasteiger partial charge in [-0.05, 0) is 42.0 Å². The minimum Gasteiger partial charge on any atom is -0.369 e. The topological polar surface area (TPSA) is 63.4 Å². The molecule has 1 heterocycles. The maximum Gasteiger partial charge on any atom is 0.227 e. The van der Waals surface area contributed by atoms with E-state index in [2.05, 4.69) is 37.3 Å². The van der Waals surface area contributed by atoms with E-state index >= 15 is 0 Å². The van der Waals surface area contributed by atoms with E-state index in [9.17, 15) is 9.59 Å². The fourth-order valence-corrected chi connectivity index (χ4v) is 4.53. The second kappa shape index (κ2) is 8.76. The number of carbonyl (C=O) groups is 2. The maximum atomic E-state index is 12.9. The van der Waals surface area contributed by atoms with Gasteiger partial charge in [-0.25, -0.2) is 0 Å². The van der Waals surface area contributed by atoms with Crippen LogP contribution in [0, 0.1) is 12.3 Å². The van der Waals surface area contributed by atoms with Crippen molar-refractivity contribution < 1.29 is 9.59 Å². The molecule has 158 valence electrons. The molecule has 4 nitrogen and oxygen atoms in total. The number of nitrogens with zero attached hydrogens (tertiary/aromatic N) is 1. The molecule has 2 amide bonds. The van der Waals surface area contributed by atoms with Crippen LogP contribution >= 0.6 is 0 Å². The Morgan fingerprint density at radius 3 is 2.45 bits per heavy atom. The Morgan fingerprint density at radius 1 is 0.968 bits per heavy atom. The molecule has 0 saturated carbocycles. The molecule has 1 saturated heterocycles. The summed E-state index contributed by atoms with van der Waals surface area (Å²) in [6, 6.07) is 26.2. The monoisotopic (exact) mass is 412 g/mol. The second-order valence-corrected chi connectivity index (χ2v) is 8.58. The van der Waals surface area contributed by atoms with Crippen molar-refractivity contribution in [3.05, 3.63) is 95.6 Å². The van der Waals surface area contributed by atoms with Gasteiger partial charge in [0.1, 0.15) is 0 Å². The van der Waals surface area contributed by atoms with Crippen molar-refractivity contribution in [1.29, 1.82) is 0 Å². The zero-order chi connectivity index (χ0) is 21.8. The molecule has 3 aromatic rings. The Morgan fingerprint density at radius 2 is 1.71 bits per heavy atom. The van der Waals surface area contributed by atoms with Gasteiger partial charge < -0.3 is 10.6 Å². The highest BCUT2D eigenvalue weighted by molar-refractivity contribution is 5.85. The van der Waals surface area contributed by atoms with Crippen molar-refractivity contribution >= 4 is 11.8 Å². The van der Waals surface area contributed by atoms with Gasteiger partial charge in [0.05, 0.1) is 11.8 Å². The lowest BCUT2D eigenvalue weighted by Crippen LogP contribution is -2.42. The van der Waals surface area contributed by atoms with Crippen LogP contribution in [-0.4, -0.2) is 29.8 Å². The molecule has 4 rings (SSSR count). The number of aryl methyl sites for hydroxylation is 1. The fraction of sp³-hybridized carbons (Fsp3) is 0.259. The molecule has 0 radical (unpaired) electrons. The normalized spacial score (nSPS) is 18.2. The van der Waals surface area contributed by atoms with Crippen LogP contribution in [0.15, 0.2) is 78.9 Å². The summed E-state index contributed by atoms with van der Waals surface area (Å²) in [5.41, 5.74) is 10.7. The smallest absolute Gasteiger partial charge is 0.227 e. The molecule has 0 aliphatic carbocycles. The third-order valence-electron chi connectivity index (χ3n) is 6.30. The minimum atomic E-state index is -0.744. The number of nitrogens with two attached hydrogens (primary N) is 1. The SMILES string of the molecule is Cc1cccc(-c2ccccc2C[C@@]2(C(N)=O)CCN(C(=O)Cc3ccccc3)C2)c1. The van der Waals surface area contributed by atoms with Gasteiger partial charge in [0.25, 0.3) is 0 Å². The molecule has 0 aromatic heterocycles. The van der Waals surface area contributed by atoms with Crippen molar-refractivity contribution in [2.45, 2.75) is 26.2 Å². The summed E-state index contributed by atoms with van der Waals surface area (Å²) in [6.07, 6.45) is 1.46. The minimum absolute atomic E-state index is 0.0429. The van der Waals surface area contributed by atoms with Crippen LogP contribution in [0.3, 0.4) is 0 Å². The van der Waals surface area contributed by atoms with Gasteiger partial charge in [-0.1, -0.05) is 84.4 Å². The average molecular weight is 413 g/mol.